The van der Waals surface area contributed by atoms with Crippen molar-refractivity contribution in [3.8, 4) is 0 Å². The second kappa shape index (κ2) is 4.20. The quantitative estimate of drug-likeness (QED) is 0.492. The maximum Gasteiger partial charge on any atom is -0.0170 e. The zero-order chi connectivity index (χ0) is 11.9. The lowest BCUT2D eigenvalue weighted by molar-refractivity contribution is 0.200. The lowest BCUT2D eigenvalue weighted by atomic mass is 9.69. The minimum Gasteiger partial charge on any atom is -0.0736 e. The van der Waals surface area contributed by atoms with Gasteiger partial charge < -0.3 is 0 Å². The third-order valence-electron chi connectivity index (χ3n) is 4.88. The predicted octanol–water partition coefficient (Wildman–Crippen LogP) is 5.20. The molecule has 0 aliphatic heterocycles. The molecule has 0 aromatic heterocycles. The van der Waals surface area contributed by atoms with Crippen molar-refractivity contribution in [2.75, 3.05) is 0 Å². The van der Waals surface area contributed by atoms with Gasteiger partial charge in [-0.3, -0.25) is 0 Å². The van der Waals surface area contributed by atoms with Gasteiger partial charge in [-0.15, -0.1) is 0 Å². The van der Waals surface area contributed by atoms with E-state index in [2.05, 4.69) is 34.6 Å². The van der Waals surface area contributed by atoms with E-state index >= 15 is 0 Å². The zero-order valence-electron chi connectivity index (χ0n) is 11.8. The predicted molar refractivity (Wildman–Crippen MR) is 71.4 cm³/mol. The highest BCUT2D eigenvalue weighted by molar-refractivity contribution is 5.22. The van der Waals surface area contributed by atoms with E-state index in [0.29, 0.717) is 5.41 Å². The fourth-order valence-corrected chi connectivity index (χ4v) is 4.32. The van der Waals surface area contributed by atoms with Crippen LogP contribution >= 0.6 is 0 Å². The molecule has 0 heteroatoms. The molecule has 0 aromatic carbocycles. The average molecular weight is 220 g/mol. The summed E-state index contributed by atoms with van der Waals surface area (Å²) in [5.74, 6) is 2.71. The van der Waals surface area contributed by atoms with E-state index in [1.54, 1.807) is 5.57 Å². The van der Waals surface area contributed by atoms with Crippen molar-refractivity contribution in [1.82, 2.24) is 0 Å². The van der Waals surface area contributed by atoms with Gasteiger partial charge in [0.25, 0.3) is 0 Å². The molecule has 2 rings (SSSR count). The van der Waals surface area contributed by atoms with Crippen LogP contribution in [0.1, 0.15) is 66.7 Å². The van der Waals surface area contributed by atoms with Crippen LogP contribution in [-0.4, -0.2) is 0 Å². The summed E-state index contributed by atoms with van der Waals surface area (Å²) in [4.78, 5) is 0. The molecule has 0 nitrogen and oxygen atoms in total. The van der Waals surface area contributed by atoms with Crippen molar-refractivity contribution in [2.45, 2.75) is 66.7 Å². The van der Waals surface area contributed by atoms with Crippen LogP contribution in [-0.2, 0) is 0 Å². The van der Waals surface area contributed by atoms with Crippen LogP contribution in [0, 0.1) is 23.2 Å². The van der Waals surface area contributed by atoms with Crippen molar-refractivity contribution < 1.29 is 0 Å². The summed E-state index contributed by atoms with van der Waals surface area (Å²) >= 11 is 0. The number of hydrogen-bond donors (Lipinski definition) is 0. The van der Waals surface area contributed by atoms with Crippen LogP contribution in [0.15, 0.2) is 11.1 Å². The Morgan fingerprint density at radius 3 is 2.50 bits per heavy atom. The summed E-state index contributed by atoms with van der Waals surface area (Å²) < 4.78 is 0. The van der Waals surface area contributed by atoms with Gasteiger partial charge in [-0.25, -0.2) is 0 Å². The van der Waals surface area contributed by atoms with Crippen molar-refractivity contribution in [1.29, 1.82) is 0 Å². The highest BCUT2D eigenvalue weighted by atomic mass is 14.4. The van der Waals surface area contributed by atoms with E-state index in [-0.39, 0.29) is 0 Å². The van der Waals surface area contributed by atoms with Gasteiger partial charge in [-0.2, -0.15) is 0 Å². The second-order valence-electron chi connectivity index (χ2n) is 7.31. The molecule has 0 amide bonds. The van der Waals surface area contributed by atoms with E-state index in [4.69, 9.17) is 0 Å². The standard InChI is InChI=1S/C16H28/c1-11-8-13(3)14-7-6-12(2)15(14)10-16(4,5)9-11/h11-12,15H,6-10H2,1-5H3/t11-,12+,15-/m0/s1. The lowest BCUT2D eigenvalue weighted by Gasteiger charge is -2.36. The van der Waals surface area contributed by atoms with Gasteiger partial charge in [0.2, 0.25) is 0 Å². The van der Waals surface area contributed by atoms with Gasteiger partial charge in [-0.05, 0) is 62.2 Å². The molecule has 16 heavy (non-hydrogen) atoms. The summed E-state index contributed by atoms with van der Waals surface area (Å²) in [5.41, 5.74) is 4.12. The summed E-state index contributed by atoms with van der Waals surface area (Å²) in [7, 11) is 0. The van der Waals surface area contributed by atoms with Crippen molar-refractivity contribution in [3.63, 3.8) is 0 Å². The van der Waals surface area contributed by atoms with E-state index in [0.717, 1.165) is 17.8 Å². The average Bonchev–Trinajstić information content (AvgIpc) is 2.44. The van der Waals surface area contributed by atoms with Gasteiger partial charge >= 0.3 is 0 Å². The molecule has 0 heterocycles. The summed E-state index contributed by atoms with van der Waals surface area (Å²) in [6.07, 6.45) is 7.00. The molecule has 0 radical (unpaired) electrons. The van der Waals surface area contributed by atoms with Crippen LogP contribution in [0.2, 0.25) is 0 Å². The van der Waals surface area contributed by atoms with Gasteiger partial charge in [0.1, 0.15) is 0 Å². The molecule has 0 saturated heterocycles. The Labute approximate surface area is 102 Å². The van der Waals surface area contributed by atoms with Crippen LogP contribution in [0.3, 0.4) is 0 Å². The molecule has 2 aliphatic carbocycles. The molecule has 3 atom stereocenters. The van der Waals surface area contributed by atoms with Crippen molar-refractivity contribution in [3.05, 3.63) is 11.1 Å². The lowest BCUT2D eigenvalue weighted by Crippen LogP contribution is -2.24. The van der Waals surface area contributed by atoms with Gasteiger partial charge in [-0.1, -0.05) is 38.8 Å². The third-order valence-corrected chi connectivity index (χ3v) is 4.88. The molecule has 0 aromatic rings. The molecule has 92 valence electrons. The molecule has 1 fully saturated rings. The first-order valence-corrected chi connectivity index (χ1v) is 7.07. The third kappa shape index (κ3) is 2.36. The smallest absolute Gasteiger partial charge is 0.0170 e. The Kier molecular flexibility index (Phi) is 3.20. The highest BCUT2D eigenvalue weighted by Gasteiger charge is 2.36. The fraction of sp³-hybridized carbons (Fsp3) is 0.875. The molecular formula is C16H28. The highest BCUT2D eigenvalue weighted by Crippen LogP contribution is 2.49. The molecular weight excluding hydrogens is 192 g/mol. The second-order valence-corrected chi connectivity index (χ2v) is 7.31. The first-order valence-electron chi connectivity index (χ1n) is 7.07. The monoisotopic (exact) mass is 220 g/mol. The van der Waals surface area contributed by atoms with Gasteiger partial charge in [0.15, 0.2) is 0 Å². The summed E-state index contributed by atoms with van der Waals surface area (Å²) in [5, 5.41) is 0. The topological polar surface area (TPSA) is 0 Å². The SMILES string of the molecule is CC1=C2CC[C@@H](C)[C@@H]2CC(C)(C)C[C@@H](C)C1. The minimum atomic E-state index is 0.550. The number of hydrogen-bond acceptors (Lipinski definition) is 0. The summed E-state index contributed by atoms with van der Waals surface area (Å²) in [6.45, 7) is 12.3. The molecule has 1 saturated carbocycles. The number of fused-ring (bicyclic) bond motifs is 1. The van der Waals surface area contributed by atoms with Crippen molar-refractivity contribution in [2.24, 2.45) is 23.2 Å². The van der Waals surface area contributed by atoms with E-state index < -0.39 is 0 Å². The Morgan fingerprint density at radius 1 is 1.12 bits per heavy atom. The van der Waals surface area contributed by atoms with E-state index in [9.17, 15) is 0 Å². The van der Waals surface area contributed by atoms with Crippen molar-refractivity contribution >= 4 is 0 Å². The van der Waals surface area contributed by atoms with E-state index in [1.807, 2.05) is 5.57 Å². The minimum absolute atomic E-state index is 0.550. The van der Waals surface area contributed by atoms with Gasteiger partial charge in [0, 0.05) is 0 Å². The van der Waals surface area contributed by atoms with Crippen LogP contribution < -0.4 is 0 Å². The van der Waals surface area contributed by atoms with Gasteiger partial charge in [0.05, 0.1) is 0 Å². The molecule has 0 unspecified atom stereocenters. The van der Waals surface area contributed by atoms with Crippen LogP contribution in [0.25, 0.3) is 0 Å². The maximum atomic E-state index is 2.48. The Morgan fingerprint density at radius 2 is 1.81 bits per heavy atom. The normalized spacial score (nSPS) is 39.2. The Bertz CT molecular complexity index is 295. The molecule has 2 aliphatic rings. The molecule has 0 N–H and O–H groups in total. The fourth-order valence-electron chi connectivity index (χ4n) is 4.32. The van der Waals surface area contributed by atoms with E-state index in [1.165, 1.54) is 32.1 Å². The Balaban J connectivity index is 2.31. The number of allylic oxidation sites excluding steroid dienone is 2. The first-order chi connectivity index (χ1) is 7.39. The number of rotatable bonds is 0. The zero-order valence-corrected chi connectivity index (χ0v) is 11.8. The van der Waals surface area contributed by atoms with Crippen LogP contribution in [0.5, 0.6) is 0 Å². The molecule has 0 spiro atoms. The largest absolute Gasteiger partial charge is 0.0736 e. The van der Waals surface area contributed by atoms with Crippen LogP contribution in [0.4, 0.5) is 0 Å². The maximum absolute atomic E-state index is 2.48. The summed E-state index contributed by atoms with van der Waals surface area (Å²) in [6, 6.07) is 0. The molecule has 0 bridgehead atoms. The first kappa shape index (κ1) is 12.2. The Hall–Kier alpha value is -0.260.